The topological polar surface area (TPSA) is 76.1 Å². The van der Waals surface area contributed by atoms with E-state index in [9.17, 15) is 4.79 Å². The molecule has 0 aliphatic carbocycles. The molecule has 182 valence electrons. The number of esters is 1. The zero-order chi connectivity index (χ0) is 24.5. The highest BCUT2D eigenvalue weighted by atomic mass is 16.6. The quantitative estimate of drug-likeness (QED) is 0.342. The molecule has 0 radical (unpaired) electrons. The lowest BCUT2D eigenvalue weighted by atomic mass is 10.1. The van der Waals surface area contributed by atoms with Crippen LogP contribution in [-0.2, 0) is 27.3 Å². The summed E-state index contributed by atoms with van der Waals surface area (Å²) in [7, 11) is 1.63. The lowest BCUT2D eigenvalue weighted by Gasteiger charge is -2.19. The van der Waals surface area contributed by atoms with Crippen LogP contribution < -0.4 is 14.2 Å². The number of benzene rings is 2. The summed E-state index contributed by atoms with van der Waals surface area (Å²) in [5.74, 6) is 1.74. The molecule has 0 spiro atoms. The second kappa shape index (κ2) is 12.2. The molecule has 0 aliphatic heterocycles. The van der Waals surface area contributed by atoms with E-state index in [4.69, 9.17) is 23.7 Å². The molecule has 0 bridgehead atoms. The van der Waals surface area contributed by atoms with Crippen molar-refractivity contribution in [3.8, 4) is 17.2 Å². The Morgan fingerprint density at radius 1 is 1.03 bits per heavy atom. The van der Waals surface area contributed by atoms with Crippen molar-refractivity contribution in [3.05, 3.63) is 59.8 Å². The Morgan fingerprint density at radius 2 is 1.82 bits per heavy atom. The zero-order valence-corrected chi connectivity index (χ0v) is 20.5. The van der Waals surface area contributed by atoms with E-state index in [0.717, 1.165) is 33.5 Å². The predicted octanol–water partition coefficient (Wildman–Crippen LogP) is 5.12. The number of methoxy groups -OCH3 is 1. The maximum atomic E-state index is 12.3. The minimum absolute atomic E-state index is 0.0284. The van der Waals surface area contributed by atoms with Gasteiger partial charge in [-0.15, -0.1) is 0 Å². The molecule has 0 fully saturated rings. The van der Waals surface area contributed by atoms with Gasteiger partial charge in [-0.1, -0.05) is 18.2 Å². The van der Waals surface area contributed by atoms with Crippen LogP contribution >= 0.6 is 0 Å². The molecule has 7 heteroatoms. The number of aromatic nitrogens is 1. The van der Waals surface area contributed by atoms with Crippen LogP contribution in [0.4, 0.5) is 0 Å². The first-order valence-electron chi connectivity index (χ1n) is 11.6. The van der Waals surface area contributed by atoms with Crippen LogP contribution in [0.25, 0.3) is 10.9 Å². The first kappa shape index (κ1) is 25.3. The molecule has 0 saturated carbocycles. The van der Waals surface area contributed by atoms with Crippen molar-refractivity contribution in [1.82, 2.24) is 4.98 Å². The lowest BCUT2D eigenvalue weighted by molar-refractivity contribution is -0.156. The second-order valence-electron chi connectivity index (χ2n) is 7.96. The Kier molecular flexibility index (Phi) is 9.10. The Morgan fingerprint density at radius 3 is 2.53 bits per heavy atom. The van der Waals surface area contributed by atoms with E-state index >= 15 is 0 Å². The van der Waals surface area contributed by atoms with Crippen molar-refractivity contribution in [2.24, 2.45) is 0 Å². The Labute approximate surface area is 200 Å². The van der Waals surface area contributed by atoms with Gasteiger partial charge in [-0.2, -0.15) is 0 Å². The fourth-order valence-corrected chi connectivity index (χ4v) is 3.61. The Balaban J connectivity index is 1.88. The Bertz CT molecular complexity index is 1100. The van der Waals surface area contributed by atoms with Crippen molar-refractivity contribution >= 4 is 16.9 Å². The lowest BCUT2D eigenvalue weighted by Crippen LogP contribution is -2.29. The highest BCUT2D eigenvalue weighted by molar-refractivity contribution is 5.87. The first-order chi connectivity index (χ1) is 16.5. The van der Waals surface area contributed by atoms with Gasteiger partial charge in [0.1, 0.15) is 23.9 Å². The molecule has 1 aromatic heterocycles. The summed E-state index contributed by atoms with van der Waals surface area (Å²) in [6.07, 6.45) is 1.41. The molecule has 3 rings (SSSR count). The van der Waals surface area contributed by atoms with E-state index < -0.39 is 6.10 Å². The number of para-hydroxylation sites is 1. The largest absolute Gasteiger partial charge is 0.497 e. The van der Waals surface area contributed by atoms with E-state index in [1.54, 1.807) is 20.2 Å². The molecular formula is C27H33NO6. The molecule has 1 unspecified atom stereocenters. The van der Waals surface area contributed by atoms with E-state index in [2.05, 4.69) is 4.98 Å². The van der Waals surface area contributed by atoms with Gasteiger partial charge in [0.15, 0.2) is 6.10 Å². The van der Waals surface area contributed by atoms with Gasteiger partial charge in [0.05, 0.1) is 30.9 Å². The van der Waals surface area contributed by atoms with Crippen molar-refractivity contribution < 1.29 is 28.5 Å². The average Bonchev–Trinajstić information content (AvgIpc) is 2.83. The summed E-state index contributed by atoms with van der Waals surface area (Å²) in [6.45, 7) is 8.56. The van der Waals surface area contributed by atoms with Crippen LogP contribution in [0.5, 0.6) is 17.2 Å². The third-order valence-electron chi connectivity index (χ3n) is 5.13. The van der Waals surface area contributed by atoms with Crippen LogP contribution in [0.1, 0.15) is 38.8 Å². The average molecular weight is 468 g/mol. The van der Waals surface area contributed by atoms with Crippen LogP contribution in [0.2, 0.25) is 0 Å². The number of pyridine rings is 1. The number of fused-ring (bicyclic) bond motifs is 1. The van der Waals surface area contributed by atoms with Crippen molar-refractivity contribution in [2.45, 2.75) is 52.9 Å². The van der Waals surface area contributed by atoms with Gasteiger partial charge in [0.25, 0.3) is 0 Å². The summed E-state index contributed by atoms with van der Waals surface area (Å²) in [4.78, 5) is 16.9. The number of ether oxygens (including phenoxy) is 5. The van der Waals surface area contributed by atoms with Crippen LogP contribution in [0.3, 0.4) is 0 Å². The maximum Gasteiger partial charge on any atom is 0.335 e. The van der Waals surface area contributed by atoms with Crippen LogP contribution in [0, 0.1) is 0 Å². The zero-order valence-electron chi connectivity index (χ0n) is 20.5. The monoisotopic (exact) mass is 467 g/mol. The van der Waals surface area contributed by atoms with Gasteiger partial charge in [-0.25, -0.2) is 4.79 Å². The SMILES string of the molecule is CCOC(=O)C(Cc1ccccc1OCc1cnc2ccc(OC)cc2c1OC(C)C)OCC. The smallest absolute Gasteiger partial charge is 0.335 e. The van der Waals surface area contributed by atoms with Crippen LogP contribution in [-0.4, -0.2) is 43.5 Å². The van der Waals surface area contributed by atoms with Gasteiger partial charge in [0.2, 0.25) is 0 Å². The Hall–Kier alpha value is -3.32. The van der Waals surface area contributed by atoms with Gasteiger partial charge < -0.3 is 23.7 Å². The third-order valence-corrected chi connectivity index (χ3v) is 5.13. The van der Waals surface area contributed by atoms with Crippen molar-refractivity contribution in [2.75, 3.05) is 20.3 Å². The van der Waals surface area contributed by atoms with Gasteiger partial charge >= 0.3 is 5.97 Å². The number of rotatable bonds is 12. The molecular weight excluding hydrogens is 434 g/mol. The molecule has 34 heavy (non-hydrogen) atoms. The highest BCUT2D eigenvalue weighted by Crippen LogP contribution is 2.33. The number of hydrogen-bond acceptors (Lipinski definition) is 7. The summed E-state index contributed by atoms with van der Waals surface area (Å²) in [5.41, 5.74) is 2.49. The third kappa shape index (κ3) is 6.38. The molecule has 3 aromatic rings. The molecule has 0 aliphatic rings. The molecule has 1 atom stereocenters. The van der Waals surface area contributed by atoms with Crippen molar-refractivity contribution in [1.29, 1.82) is 0 Å². The number of carbonyl (C=O) groups excluding carboxylic acids is 1. The van der Waals surface area contributed by atoms with Crippen molar-refractivity contribution in [3.63, 3.8) is 0 Å². The molecule has 2 aromatic carbocycles. The second-order valence-corrected chi connectivity index (χ2v) is 7.96. The molecule has 1 heterocycles. The molecule has 0 amide bonds. The van der Waals surface area contributed by atoms with Gasteiger partial charge in [-0.05, 0) is 57.5 Å². The van der Waals surface area contributed by atoms with E-state index in [1.165, 1.54) is 0 Å². The summed E-state index contributed by atoms with van der Waals surface area (Å²) >= 11 is 0. The van der Waals surface area contributed by atoms with E-state index in [-0.39, 0.29) is 18.7 Å². The van der Waals surface area contributed by atoms with Gasteiger partial charge in [0, 0.05) is 24.6 Å². The van der Waals surface area contributed by atoms with Crippen LogP contribution in [0.15, 0.2) is 48.7 Å². The molecule has 0 N–H and O–H groups in total. The number of carbonyl (C=O) groups is 1. The fourth-order valence-electron chi connectivity index (χ4n) is 3.61. The summed E-state index contributed by atoms with van der Waals surface area (Å²) in [6, 6.07) is 13.3. The van der Waals surface area contributed by atoms with Gasteiger partial charge in [-0.3, -0.25) is 4.98 Å². The predicted molar refractivity (Wildman–Crippen MR) is 131 cm³/mol. The maximum absolute atomic E-state index is 12.3. The van der Waals surface area contributed by atoms with E-state index in [0.29, 0.717) is 25.4 Å². The minimum atomic E-state index is -0.690. The number of nitrogens with zero attached hydrogens (tertiary/aromatic N) is 1. The normalized spacial score (nSPS) is 11.9. The first-order valence-corrected chi connectivity index (χ1v) is 11.6. The van der Waals surface area contributed by atoms with E-state index in [1.807, 2.05) is 63.2 Å². The standard InChI is InChI=1S/C27H33NO6/c1-6-31-25(27(29)32-7-2)14-19-10-8-9-11-24(19)33-17-20-16-28-23-13-12-21(30-5)15-22(23)26(20)34-18(3)4/h8-13,15-16,18,25H,6-7,14,17H2,1-5H3. The molecule has 0 saturated heterocycles. The number of hydrogen-bond donors (Lipinski definition) is 0. The highest BCUT2D eigenvalue weighted by Gasteiger charge is 2.22. The minimum Gasteiger partial charge on any atom is -0.497 e. The summed E-state index contributed by atoms with van der Waals surface area (Å²) < 4.78 is 28.6. The summed E-state index contributed by atoms with van der Waals surface area (Å²) in [5, 5.41) is 0.862. The molecule has 7 nitrogen and oxygen atoms in total. The fraction of sp³-hybridized carbons (Fsp3) is 0.407.